The Morgan fingerprint density at radius 1 is 1.39 bits per heavy atom. The minimum Gasteiger partial charge on any atom is -0.480 e. The van der Waals surface area contributed by atoms with Crippen LogP contribution in [0.4, 0.5) is 0 Å². The number of hydrogen-bond acceptors (Lipinski definition) is 4. The summed E-state index contributed by atoms with van der Waals surface area (Å²) >= 11 is 0. The smallest absolute Gasteiger partial charge is 0.259 e. The minimum absolute atomic E-state index is 0.106. The van der Waals surface area contributed by atoms with Gasteiger partial charge in [-0.05, 0) is 12.1 Å². The van der Waals surface area contributed by atoms with Gasteiger partial charge >= 0.3 is 0 Å². The number of pyridine rings is 1. The predicted octanol–water partition coefficient (Wildman–Crippen LogP) is 0.00440. The number of hydrogen-bond donors (Lipinski definition) is 0. The molecule has 1 aromatic rings. The lowest BCUT2D eigenvalue weighted by molar-refractivity contribution is -0.119. The maximum atomic E-state index is 12.3. The van der Waals surface area contributed by atoms with Crippen LogP contribution in [0.1, 0.15) is 10.4 Å². The third kappa shape index (κ3) is 2.42. The van der Waals surface area contributed by atoms with E-state index in [0.717, 1.165) is 6.41 Å². The van der Waals surface area contributed by atoms with Gasteiger partial charge in [-0.25, -0.2) is 4.98 Å². The van der Waals surface area contributed by atoms with Crippen molar-refractivity contribution in [3.05, 3.63) is 23.9 Å². The SMILES string of the molecule is COc1ncccc1C(=O)N1CCN(C=O)CC1. The molecule has 0 aromatic carbocycles. The van der Waals surface area contributed by atoms with E-state index in [1.807, 2.05) is 0 Å². The molecule has 1 saturated heterocycles. The van der Waals surface area contributed by atoms with Crippen molar-refractivity contribution in [3.8, 4) is 5.88 Å². The number of methoxy groups -OCH3 is 1. The summed E-state index contributed by atoms with van der Waals surface area (Å²) in [5, 5.41) is 0. The molecule has 1 aromatic heterocycles. The molecule has 18 heavy (non-hydrogen) atoms. The van der Waals surface area contributed by atoms with E-state index < -0.39 is 0 Å². The Labute approximate surface area is 105 Å². The van der Waals surface area contributed by atoms with Gasteiger partial charge in [0, 0.05) is 32.4 Å². The average Bonchev–Trinajstić information content (AvgIpc) is 2.46. The molecule has 0 spiro atoms. The van der Waals surface area contributed by atoms with Crippen LogP contribution in [0.15, 0.2) is 18.3 Å². The van der Waals surface area contributed by atoms with Crippen LogP contribution in [0.2, 0.25) is 0 Å². The Hall–Kier alpha value is -2.11. The highest BCUT2D eigenvalue weighted by Gasteiger charge is 2.23. The van der Waals surface area contributed by atoms with Gasteiger partial charge in [0.05, 0.1) is 7.11 Å². The van der Waals surface area contributed by atoms with Gasteiger partial charge in [0.1, 0.15) is 5.56 Å². The summed E-state index contributed by atoms with van der Waals surface area (Å²) in [5.41, 5.74) is 0.458. The van der Waals surface area contributed by atoms with Crippen LogP contribution < -0.4 is 4.74 Å². The van der Waals surface area contributed by atoms with Crippen LogP contribution in [-0.4, -0.2) is 60.4 Å². The van der Waals surface area contributed by atoms with E-state index in [2.05, 4.69) is 4.98 Å². The lowest BCUT2D eigenvalue weighted by Gasteiger charge is -2.32. The highest BCUT2D eigenvalue weighted by molar-refractivity contribution is 5.96. The van der Waals surface area contributed by atoms with Crippen LogP contribution in [-0.2, 0) is 4.79 Å². The Morgan fingerprint density at radius 3 is 2.72 bits per heavy atom. The molecule has 0 saturated carbocycles. The normalized spacial score (nSPS) is 15.4. The zero-order valence-electron chi connectivity index (χ0n) is 10.2. The fourth-order valence-corrected chi connectivity index (χ4v) is 1.92. The van der Waals surface area contributed by atoms with Crippen LogP contribution in [0.3, 0.4) is 0 Å². The molecule has 0 atom stereocenters. The van der Waals surface area contributed by atoms with E-state index in [9.17, 15) is 9.59 Å². The van der Waals surface area contributed by atoms with Crippen molar-refractivity contribution in [1.29, 1.82) is 0 Å². The Bertz CT molecular complexity index is 442. The second kappa shape index (κ2) is 5.48. The number of amides is 2. The number of aromatic nitrogens is 1. The Kier molecular flexibility index (Phi) is 3.76. The topological polar surface area (TPSA) is 62.7 Å². The first-order valence-corrected chi connectivity index (χ1v) is 5.74. The van der Waals surface area contributed by atoms with Crippen molar-refractivity contribution < 1.29 is 14.3 Å². The van der Waals surface area contributed by atoms with E-state index in [1.54, 1.807) is 28.1 Å². The summed E-state index contributed by atoms with van der Waals surface area (Å²) in [4.78, 5) is 30.2. The maximum absolute atomic E-state index is 12.3. The number of carbonyl (C=O) groups excluding carboxylic acids is 2. The molecule has 1 fully saturated rings. The fraction of sp³-hybridized carbons (Fsp3) is 0.417. The third-order valence-electron chi connectivity index (χ3n) is 2.95. The first kappa shape index (κ1) is 12.3. The predicted molar refractivity (Wildman–Crippen MR) is 64.3 cm³/mol. The van der Waals surface area contributed by atoms with Crippen LogP contribution in [0, 0.1) is 0 Å². The van der Waals surface area contributed by atoms with Gasteiger partial charge < -0.3 is 14.5 Å². The zero-order chi connectivity index (χ0) is 13.0. The molecule has 0 N–H and O–H groups in total. The third-order valence-corrected chi connectivity index (χ3v) is 2.95. The Morgan fingerprint density at radius 2 is 2.11 bits per heavy atom. The molecule has 6 heteroatoms. The number of nitrogens with zero attached hydrogens (tertiary/aromatic N) is 3. The van der Waals surface area contributed by atoms with E-state index in [-0.39, 0.29) is 5.91 Å². The molecule has 0 radical (unpaired) electrons. The molecule has 2 amide bonds. The van der Waals surface area contributed by atoms with E-state index in [1.165, 1.54) is 7.11 Å². The van der Waals surface area contributed by atoms with Crippen LogP contribution >= 0.6 is 0 Å². The zero-order valence-corrected chi connectivity index (χ0v) is 10.2. The van der Waals surface area contributed by atoms with Gasteiger partial charge in [0.25, 0.3) is 5.91 Å². The van der Waals surface area contributed by atoms with Crippen molar-refractivity contribution in [2.45, 2.75) is 0 Å². The summed E-state index contributed by atoms with van der Waals surface area (Å²) in [5.74, 6) is 0.228. The summed E-state index contributed by atoms with van der Waals surface area (Å²) in [7, 11) is 1.49. The quantitative estimate of drug-likeness (QED) is 0.708. The molecule has 0 aliphatic carbocycles. The summed E-state index contributed by atoms with van der Waals surface area (Å²) in [6.45, 7) is 2.21. The van der Waals surface area contributed by atoms with Gasteiger partial charge in [-0.3, -0.25) is 9.59 Å². The molecule has 2 rings (SSSR count). The molecular formula is C12H15N3O3. The molecule has 6 nitrogen and oxygen atoms in total. The molecule has 1 aliphatic rings. The largest absolute Gasteiger partial charge is 0.480 e. The summed E-state index contributed by atoms with van der Waals surface area (Å²) in [6.07, 6.45) is 2.40. The van der Waals surface area contributed by atoms with Crippen LogP contribution in [0.25, 0.3) is 0 Å². The number of rotatable bonds is 3. The van der Waals surface area contributed by atoms with E-state index >= 15 is 0 Å². The van der Waals surface area contributed by atoms with E-state index in [0.29, 0.717) is 37.6 Å². The minimum atomic E-state index is -0.106. The standard InChI is InChI=1S/C12H15N3O3/c1-18-11-10(3-2-4-13-11)12(17)15-7-5-14(9-16)6-8-15/h2-4,9H,5-8H2,1H3. The van der Waals surface area contributed by atoms with Crippen molar-refractivity contribution in [3.63, 3.8) is 0 Å². The first-order valence-electron chi connectivity index (χ1n) is 5.74. The van der Waals surface area contributed by atoms with Crippen LogP contribution in [0.5, 0.6) is 5.88 Å². The first-order chi connectivity index (χ1) is 8.76. The Balaban J connectivity index is 2.10. The van der Waals surface area contributed by atoms with Crippen molar-refractivity contribution in [1.82, 2.24) is 14.8 Å². The van der Waals surface area contributed by atoms with Crippen molar-refractivity contribution in [2.75, 3.05) is 33.3 Å². The lowest BCUT2D eigenvalue weighted by Crippen LogP contribution is -2.48. The van der Waals surface area contributed by atoms with Crippen molar-refractivity contribution in [2.24, 2.45) is 0 Å². The molecule has 2 heterocycles. The van der Waals surface area contributed by atoms with Gasteiger partial charge in [-0.15, -0.1) is 0 Å². The average molecular weight is 249 g/mol. The molecule has 96 valence electrons. The van der Waals surface area contributed by atoms with E-state index in [4.69, 9.17) is 4.74 Å². The molecule has 1 aliphatic heterocycles. The summed E-state index contributed by atoms with van der Waals surface area (Å²) in [6, 6.07) is 3.40. The highest BCUT2D eigenvalue weighted by Crippen LogP contribution is 2.16. The summed E-state index contributed by atoms with van der Waals surface area (Å²) < 4.78 is 5.07. The second-order valence-corrected chi connectivity index (χ2v) is 3.99. The fourth-order valence-electron chi connectivity index (χ4n) is 1.92. The van der Waals surface area contributed by atoms with Gasteiger partial charge in [-0.2, -0.15) is 0 Å². The highest BCUT2D eigenvalue weighted by atomic mass is 16.5. The second-order valence-electron chi connectivity index (χ2n) is 3.99. The number of carbonyl (C=O) groups is 2. The number of piperazine rings is 1. The molecule has 0 bridgehead atoms. The monoisotopic (exact) mass is 249 g/mol. The van der Waals surface area contributed by atoms with Gasteiger partial charge in [-0.1, -0.05) is 0 Å². The molecule has 0 unspecified atom stereocenters. The van der Waals surface area contributed by atoms with Gasteiger partial charge in [0.15, 0.2) is 0 Å². The van der Waals surface area contributed by atoms with Gasteiger partial charge in [0.2, 0.25) is 12.3 Å². The number of ether oxygens (including phenoxy) is 1. The van der Waals surface area contributed by atoms with Crippen molar-refractivity contribution >= 4 is 12.3 Å². The molecular weight excluding hydrogens is 234 g/mol. The maximum Gasteiger partial charge on any atom is 0.259 e. The lowest BCUT2D eigenvalue weighted by atomic mass is 10.2.